The first-order valence-corrected chi connectivity index (χ1v) is 10.4. The van der Waals surface area contributed by atoms with Gasteiger partial charge in [0.25, 0.3) is 0 Å². The van der Waals surface area contributed by atoms with Crippen molar-refractivity contribution in [2.45, 2.75) is 18.9 Å². The Labute approximate surface area is 187 Å². The lowest BCUT2D eigenvalue weighted by atomic mass is 10.1. The molecule has 1 aliphatic heterocycles. The van der Waals surface area contributed by atoms with Gasteiger partial charge in [-0.05, 0) is 54.8 Å². The summed E-state index contributed by atoms with van der Waals surface area (Å²) in [6.45, 7) is 1.14. The van der Waals surface area contributed by atoms with Crippen LogP contribution in [0.3, 0.4) is 0 Å². The first kappa shape index (κ1) is 23.1. The number of carbonyl (C=O) groups excluding carboxylic acids is 2. The van der Waals surface area contributed by atoms with E-state index in [4.69, 9.17) is 18.9 Å². The number of hydrogen-bond acceptors (Lipinski definition) is 7. The normalized spacial score (nSPS) is 15.4. The molecule has 1 unspecified atom stereocenters. The van der Waals surface area contributed by atoms with Gasteiger partial charge in [-0.3, -0.25) is 4.79 Å². The van der Waals surface area contributed by atoms with E-state index in [-0.39, 0.29) is 25.1 Å². The van der Waals surface area contributed by atoms with Crippen molar-refractivity contribution in [3.05, 3.63) is 53.6 Å². The minimum absolute atomic E-state index is 0.0438. The van der Waals surface area contributed by atoms with Crippen molar-refractivity contribution in [1.29, 1.82) is 0 Å². The second-order valence-electron chi connectivity index (χ2n) is 7.19. The molecule has 3 rings (SSSR count). The van der Waals surface area contributed by atoms with Gasteiger partial charge < -0.3 is 29.6 Å². The van der Waals surface area contributed by atoms with Crippen molar-refractivity contribution in [1.82, 2.24) is 10.6 Å². The average molecular weight is 440 g/mol. The Morgan fingerprint density at radius 3 is 2.31 bits per heavy atom. The highest BCUT2D eigenvalue weighted by Gasteiger charge is 2.21. The van der Waals surface area contributed by atoms with Crippen LogP contribution in [0.15, 0.2) is 42.5 Å². The zero-order valence-electron chi connectivity index (χ0n) is 18.3. The van der Waals surface area contributed by atoms with Crippen molar-refractivity contribution < 1.29 is 28.5 Å². The number of rotatable bonds is 9. The molecule has 0 radical (unpaired) electrons. The summed E-state index contributed by atoms with van der Waals surface area (Å²) in [5.41, 5.74) is 1.86. The molecule has 1 fully saturated rings. The van der Waals surface area contributed by atoms with E-state index in [0.29, 0.717) is 17.2 Å². The molecular formula is C24H28N2O6. The number of methoxy groups -OCH3 is 2. The monoisotopic (exact) mass is 440 g/mol. The molecule has 0 aliphatic carbocycles. The van der Waals surface area contributed by atoms with E-state index in [1.807, 2.05) is 42.5 Å². The second kappa shape index (κ2) is 11.8. The number of hydrogen-bond donors (Lipinski definition) is 2. The second-order valence-corrected chi connectivity index (χ2v) is 7.19. The summed E-state index contributed by atoms with van der Waals surface area (Å²) in [6, 6.07) is 12.5. The fraction of sp³-hybridized carbons (Fsp3) is 0.333. The zero-order valence-corrected chi connectivity index (χ0v) is 18.3. The lowest BCUT2D eigenvalue weighted by molar-refractivity contribution is -0.122. The summed E-state index contributed by atoms with van der Waals surface area (Å²) in [7, 11) is 3.21. The Hall–Kier alpha value is -3.52. The molecule has 1 saturated heterocycles. The molecule has 8 heteroatoms. The van der Waals surface area contributed by atoms with Crippen molar-refractivity contribution >= 4 is 24.2 Å². The highest BCUT2D eigenvalue weighted by molar-refractivity contribution is 5.82. The minimum Gasteiger partial charge on any atom is -0.497 e. The van der Waals surface area contributed by atoms with E-state index in [1.54, 1.807) is 26.4 Å². The molecule has 0 bridgehead atoms. The quantitative estimate of drug-likeness (QED) is 0.267. The Morgan fingerprint density at radius 1 is 1.00 bits per heavy atom. The van der Waals surface area contributed by atoms with Crippen LogP contribution in [0.2, 0.25) is 0 Å². The lowest BCUT2D eigenvalue weighted by Gasteiger charge is -2.11. The van der Waals surface area contributed by atoms with Crippen LogP contribution >= 0.6 is 0 Å². The summed E-state index contributed by atoms with van der Waals surface area (Å²) < 4.78 is 20.7. The van der Waals surface area contributed by atoms with Crippen LogP contribution in [0.1, 0.15) is 24.0 Å². The molecule has 0 spiro atoms. The Balaban J connectivity index is 1.43. The first-order chi connectivity index (χ1) is 15.6. The van der Waals surface area contributed by atoms with E-state index in [2.05, 4.69) is 10.6 Å². The topological polar surface area (TPSA) is 95.1 Å². The summed E-state index contributed by atoms with van der Waals surface area (Å²) >= 11 is 0. The van der Waals surface area contributed by atoms with Crippen LogP contribution in [-0.2, 0) is 9.53 Å². The van der Waals surface area contributed by atoms with Crippen molar-refractivity contribution in [3.63, 3.8) is 0 Å². The zero-order chi connectivity index (χ0) is 22.8. The fourth-order valence-electron chi connectivity index (χ4n) is 3.23. The number of benzene rings is 2. The van der Waals surface area contributed by atoms with E-state index in [0.717, 1.165) is 30.5 Å². The molecule has 170 valence electrons. The minimum atomic E-state index is -0.815. The van der Waals surface area contributed by atoms with Crippen molar-refractivity contribution in [3.8, 4) is 17.2 Å². The SMILES string of the molecule is COc1cc(/C=C/c2ccc(OC(=O)OCCNC(=O)C3CCCN3)cc2)cc(OC)c1. The number of nitrogens with one attached hydrogen (secondary N) is 2. The summed E-state index contributed by atoms with van der Waals surface area (Å²) in [6.07, 6.45) is 4.87. The standard InChI is InChI=1S/C24H28N2O6/c1-29-20-14-18(15-21(16-20)30-2)6-5-17-7-9-19(10-8-17)32-24(28)31-13-12-26-23(27)22-4-3-11-25-22/h5-10,14-16,22,25H,3-4,11-13H2,1-2H3,(H,26,27)/b6-5+. The summed E-state index contributed by atoms with van der Waals surface area (Å²) in [4.78, 5) is 23.7. The van der Waals surface area contributed by atoms with Gasteiger partial charge in [-0.2, -0.15) is 0 Å². The molecule has 8 nitrogen and oxygen atoms in total. The fourth-order valence-corrected chi connectivity index (χ4v) is 3.23. The average Bonchev–Trinajstić information content (AvgIpc) is 3.36. The number of amides is 1. The molecule has 2 N–H and O–H groups in total. The predicted molar refractivity (Wildman–Crippen MR) is 121 cm³/mol. The van der Waals surface area contributed by atoms with Crippen LogP contribution in [0.4, 0.5) is 4.79 Å². The smallest absolute Gasteiger partial charge is 0.497 e. The van der Waals surface area contributed by atoms with Crippen LogP contribution in [0, 0.1) is 0 Å². The van der Waals surface area contributed by atoms with Crippen LogP contribution < -0.4 is 24.8 Å². The van der Waals surface area contributed by atoms with Crippen LogP contribution in [-0.4, -0.2) is 52.0 Å². The molecule has 0 aromatic heterocycles. The van der Waals surface area contributed by atoms with Gasteiger partial charge in [-0.25, -0.2) is 4.79 Å². The van der Waals surface area contributed by atoms with E-state index in [1.165, 1.54) is 0 Å². The van der Waals surface area contributed by atoms with Gasteiger partial charge >= 0.3 is 6.16 Å². The highest BCUT2D eigenvalue weighted by atomic mass is 16.7. The van der Waals surface area contributed by atoms with Gasteiger partial charge in [0.1, 0.15) is 23.9 Å². The molecule has 1 heterocycles. The molecule has 1 atom stereocenters. The van der Waals surface area contributed by atoms with Gasteiger partial charge in [0.2, 0.25) is 5.91 Å². The van der Waals surface area contributed by atoms with Crippen molar-refractivity contribution in [2.24, 2.45) is 0 Å². The summed E-state index contributed by atoms with van der Waals surface area (Å²) in [5, 5.41) is 5.85. The van der Waals surface area contributed by atoms with Gasteiger partial charge in [0.15, 0.2) is 0 Å². The number of carbonyl (C=O) groups is 2. The molecule has 0 saturated carbocycles. The third kappa shape index (κ3) is 7.02. The largest absolute Gasteiger partial charge is 0.513 e. The van der Waals surface area contributed by atoms with E-state index >= 15 is 0 Å². The molecule has 2 aromatic carbocycles. The molecule has 1 aliphatic rings. The third-order valence-corrected chi connectivity index (χ3v) is 4.92. The lowest BCUT2D eigenvalue weighted by Crippen LogP contribution is -2.41. The van der Waals surface area contributed by atoms with E-state index < -0.39 is 6.16 Å². The maximum absolute atomic E-state index is 11.9. The molecular weight excluding hydrogens is 412 g/mol. The Morgan fingerprint density at radius 2 is 1.69 bits per heavy atom. The molecule has 1 amide bonds. The van der Waals surface area contributed by atoms with Gasteiger partial charge in [0.05, 0.1) is 26.8 Å². The van der Waals surface area contributed by atoms with Crippen molar-refractivity contribution in [2.75, 3.05) is 33.9 Å². The number of ether oxygens (including phenoxy) is 4. The summed E-state index contributed by atoms with van der Waals surface area (Å²) in [5.74, 6) is 1.71. The van der Waals surface area contributed by atoms with Gasteiger partial charge in [-0.15, -0.1) is 0 Å². The van der Waals surface area contributed by atoms with Crippen LogP contribution in [0.25, 0.3) is 12.2 Å². The third-order valence-electron chi connectivity index (χ3n) is 4.92. The molecule has 2 aromatic rings. The van der Waals surface area contributed by atoms with E-state index in [9.17, 15) is 9.59 Å². The maximum atomic E-state index is 11.9. The first-order valence-electron chi connectivity index (χ1n) is 10.4. The predicted octanol–water partition coefficient (Wildman–Crippen LogP) is 3.26. The highest BCUT2D eigenvalue weighted by Crippen LogP contribution is 2.24. The molecule has 32 heavy (non-hydrogen) atoms. The van der Waals surface area contributed by atoms with Gasteiger partial charge in [-0.1, -0.05) is 24.3 Å². The Kier molecular flexibility index (Phi) is 8.51. The maximum Gasteiger partial charge on any atom is 0.513 e. The Bertz CT molecular complexity index is 914. The van der Waals surface area contributed by atoms with Crippen LogP contribution in [0.5, 0.6) is 17.2 Å². The van der Waals surface area contributed by atoms with Gasteiger partial charge in [0, 0.05) is 6.07 Å².